The topological polar surface area (TPSA) is 98.7 Å². The van der Waals surface area contributed by atoms with Crippen molar-refractivity contribution in [3.63, 3.8) is 0 Å². The van der Waals surface area contributed by atoms with Gasteiger partial charge in [-0.25, -0.2) is 4.79 Å². The van der Waals surface area contributed by atoms with Crippen LogP contribution in [0.1, 0.15) is 37.8 Å². The molecule has 0 aliphatic rings. The first-order valence-corrected chi connectivity index (χ1v) is 19.0. The van der Waals surface area contributed by atoms with Gasteiger partial charge in [0.25, 0.3) is 0 Å². The van der Waals surface area contributed by atoms with Crippen LogP contribution >= 0.6 is 23.5 Å². The van der Waals surface area contributed by atoms with Gasteiger partial charge in [0.1, 0.15) is 6.04 Å². The fourth-order valence-corrected chi connectivity index (χ4v) is 6.93. The third-order valence-electron chi connectivity index (χ3n) is 8.58. The van der Waals surface area contributed by atoms with Crippen molar-refractivity contribution in [3.05, 3.63) is 108 Å². The fraction of sp³-hybridized carbons (Fsp3) is 0.359. The summed E-state index contributed by atoms with van der Waals surface area (Å²) in [5.41, 5.74) is 4.58. The minimum absolute atomic E-state index is 0.0167. The third kappa shape index (κ3) is 11.4. The Balaban J connectivity index is 1.42. The molecule has 2 amide bonds. The van der Waals surface area contributed by atoms with Gasteiger partial charge in [0, 0.05) is 24.9 Å². The molecule has 48 heavy (non-hydrogen) atoms. The number of carboxylic acid groups (broad SMARTS) is 1. The number of carboxylic acids is 1. The second kappa shape index (κ2) is 19.3. The minimum Gasteiger partial charge on any atom is -0.480 e. The molecule has 3 N–H and O–H groups in total. The summed E-state index contributed by atoms with van der Waals surface area (Å²) in [5.74, 6) is 0.438. The normalized spacial score (nSPS) is 13.2. The molecule has 0 aliphatic carbocycles. The maximum absolute atomic E-state index is 13.3. The van der Waals surface area contributed by atoms with E-state index in [1.165, 1.54) is 11.1 Å². The number of thioether (sulfide) groups is 2. The van der Waals surface area contributed by atoms with Gasteiger partial charge < -0.3 is 15.7 Å². The second-order valence-corrected chi connectivity index (χ2v) is 14.1. The van der Waals surface area contributed by atoms with Gasteiger partial charge in [0.05, 0.1) is 12.3 Å². The average molecular weight is 686 g/mol. The van der Waals surface area contributed by atoms with Crippen molar-refractivity contribution < 1.29 is 19.5 Å². The fourth-order valence-electron chi connectivity index (χ4n) is 5.66. The van der Waals surface area contributed by atoms with E-state index in [4.69, 9.17) is 0 Å². The minimum atomic E-state index is -1.03. The van der Waals surface area contributed by atoms with E-state index < -0.39 is 12.0 Å². The summed E-state index contributed by atoms with van der Waals surface area (Å²) in [6, 6.07) is 31.9. The highest BCUT2D eigenvalue weighted by molar-refractivity contribution is 7.99. The highest BCUT2D eigenvalue weighted by Gasteiger charge is 2.25. The summed E-state index contributed by atoms with van der Waals surface area (Å²) < 4.78 is 0. The highest BCUT2D eigenvalue weighted by Crippen LogP contribution is 2.23. The first-order valence-electron chi connectivity index (χ1n) is 16.5. The Labute approximate surface area is 293 Å². The van der Waals surface area contributed by atoms with Crippen LogP contribution in [-0.2, 0) is 26.7 Å². The van der Waals surface area contributed by atoms with Gasteiger partial charge in [-0.2, -0.15) is 11.8 Å². The highest BCUT2D eigenvalue weighted by atomic mass is 32.2. The van der Waals surface area contributed by atoms with Crippen molar-refractivity contribution >= 4 is 52.1 Å². The molecule has 0 saturated heterocycles. The molecule has 0 radical (unpaired) electrons. The summed E-state index contributed by atoms with van der Waals surface area (Å²) in [6.45, 7) is 5.16. The largest absolute Gasteiger partial charge is 0.480 e. The van der Waals surface area contributed by atoms with Gasteiger partial charge in [-0.05, 0) is 57.4 Å². The van der Waals surface area contributed by atoms with Gasteiger partial charge in [0.15, 0.2) is 0 Å². The summed E-state index contributed by atoms with van der Waals surface area (Å²) >= 11 is 3.13. The van der Waals surface area contributed by atoms with Crippen LogP contribution in [0.2, 0.25) is 0 Å². The Morgan fingerprint density at radius 3 is 2.23 bits per heavy atom. The summed E-state index contributed by atoms with van der Waals surface area (Å²) in [4.78, 5) is 40.4. The maximum atomic E-state index is 13.3. The molecule has 4 rings (SSSR count). The van der Waals surface area contributed by atoms with Crippen molar-refractivity contribution in [1.82, 2.24) is 15.5 Å². The quantitative estimate of drug-likeness (QED) is 0.0969. The van der Waals surface area contributed by atoms with E-state index >= 15 is 0 Å². The van der Waals surface area contributed by atoms with Crippen molar-refractivity contribution in [3.8, 4) is 11.1 Å². The Morgan fingerprint density at radius 1 is 0.833 bits per heavy atom. The van der Waals surface area contributed by atoms with Gasteiger partial charge in [-0.15, -0.1) is 11.8 Å². The van der Waals surface area contributed by atoms with Crippen LogP contribution in [0.25, 0.3) is 21.9 Å². The number of amides is 2. The summed E-state index contributed by atoms with van der Waals surface area (Å²) in [5, 5.41) is 17.9. The lowest BCUT2D eigenvalue weighted by molar-refractivity contribution is -0.142. The number of fused-ring (bicyclic) bond motifs is 1. The SMILES string of the molecule is CCC(C)[C@@H](CN(CC(=O)N[C@@H](CCSC)C(=O)O)Cc1cccc2ccccc12)NC(=O)CSCc1ccc(-c2ccccc2)cc1. The molecule has 0 saturated carbocycles. The molecule has 7 nitrogen and oxygen atoms in total. The van der Waals surface area contributed by atoms with Gasteiger partial charge in [-0.1, -0.05) is 117 Å². The Bertz CT molecular complexity index is 1610. The molecule has 3 atom stereocenters. The van der Waals surface area contributed by atoms with Crippen LogP contribution in [0.3, 0.4) is 0 Å². The first kappa shape index (κ1) is 37.0. The van der Waals surface area contributed by atoms with Gasteiger partial charge in [0.2, 0.25) is 11.8 Å². The predicted octanol–water partition coefficient (Wildman–Crippen LogP) is 7.10. The van der Waals surface area contributed by atoms with Crippen LogP contribution in [0, 0.1) is 5.92 Å². The average Bonchev–Trinajstić information content (AvgIpc) is 3.10. The molecule has 4 aromatic rings. The zero-order chi connectivity index (χ0) is 34.3. The standard InChI is InChI=1S/C39H47N3O4S2/c1-4-28(2)36(41-38(44)27-48-26-29-17-19-31(20-18-29)30-11-6-5-7-12-30)24-42(25-37(43)40-35(39(45)46)21-22-47-3)23-33-15-10-14-32-13-8-9-16-34(32)33/h5-20,28,35-36H,4,21-27H2,1-3H3,(H,40,43)(H,41,44)(H,45,46)/t28?,35-,36+/m0/s1. The lowest BCUT2D eigenvalue weighted by atomic mass is 9.97. The van der Waals surface area contributed by atoms with E-state index in [2.05, 4.69) is 85.1 Å². The predicted molar refractivity (Wildman–Crippen MR) is 201 cm³/mol. The van der Waals surface area contributed by atoms with E-state index in [-0.39, 0.29) is 30.3 Å². The van der Waals surface area contributed by atoms with E-state index in [0.29, 0.717) is 31.0 Å². The lowest BCUT2D eigenvalue weighted by Crippen LogP contribution is -2.51. The Hall–Kier alpha value is -3.79. The van der Waals surface area contributed by atoms with E-state index in [9.17, 15) is 19.5 Å². The van der Waals surface area contributed by atoms with Gasteiger partial charge >= 0.3 is 5.97 Å². The summed E-state index contributed by atoms with van der Waals surface area (Å²) in [6.07, 6.45) is 3.12. The molecular formula is C39H47N3O4S2. The molecule has 0 aliphatic heterocycles. The van der Waals surface area contributed by atoms with E-state index in [0.717, 1.165) is 34.1 Å². The number of rotatable bonds is 19. The lowest BCUT2D eigenvalue weighted by Gasteiger charge is -2.31. The Kier molecular flexibility index (Phi) is 14.9. The monoisotopic (exact) mass is 685 g/mol. The van der Waals surface area contributed by atoms with Crippen LogP contribution in [-0.4, -0.2) is 70.7 Å². The molecule has 0 heterocycles. The summed E-state index contributed by atoms with van der Waals surface area (Å²) in [7, 11) is 0. The molecule has 9 heteroatoms. The van der Waals surface area contributed by atoms with Crippen LogP contribution in [0.4, 0.5) is 0 Å². The molecule has 0 fully saturated rings. The number of hydrogen-bond acceptors (Lipinski definition) is 6. The van der Waals surface area contributed by atoms with E-state index in [1.54, 1.807) is 23.5 Å². The van der Waals surface area contributed by atoms with Crippen LogP contribution in [0.15, 0.2) is 97.1 Å². The zero-order valence-corrected chi connectivity index (χ0v) is 29.7. The van der Waals surface area contributed by atoms with Crippen molar-refractivity contribution in [1.29, 1.82) is 0 Å². The van der Waals surface area contributed by atoms with Crippen LogP contribution in [0.5, 0.6) is 0 Å². The first-order chi connectivity index (χ1) is 23.3. The number of carbonyl (C=O) groups excluding carboxylic acids is 2. The molecule has 0 spiro atoms. The van der Waals surface area contributed by atoms with Crippen molar-refractivity contribution in [2.75, 3.05) is 30.9 Å². The van der Waals surface area contributed by atoms with Crippen molar-refractivity contribution in [2.45, 2.75) is 51.1 Å². The molecular weight excluding hydrogens is 639 g/mol. The van der Waals surface area contributed by atoms with Crippen molar-refractivity contribution in [2.24, 2.45) is 5.92 Å². The number of hydrogen-bond donors (Lipinski definition) is 3. The number of carbonyl (C=O) groups is 3. The zero-order valence-electron chi connectivity index (χ0n) is 28.1. The molecule has 4 aromatic carbocycles. The number of nitrogens with zero attached hydrogens (tertiary/aromatic N) is 1. The Morgan fingerprint density at radius 2 is 1.52 bits per heavy atom. The number of nitrogens with one attached hydrogen (secondary N) is 2. The molecule has 0 bridgehead atoms. The second-order valence-electron chi connectivity index (χ2n) is 12.2. The maximum Gasteiger partial charge on any atom is 0.326 e. The molecule has 1 unspecified atom stereocenters. The smallest absolute Gasteiger partial charge is 0.326 e. The van der Waals surface area contributed by atoms with Gasteiger partial charge in [-0.3, -0.25) is 14.5 Å². The number of aliphatic carboxylic acids is 1. The third-order valence-corrected chi connectivity index (χ3v) is 10.2. The molecule has 254 valence electrons. The number of benzene rings is 4. The van der Waals surface area contributed by atoms with Crippen LogP contribution < -0.4 is 10.6 Å². The van der Waals surface area contributed by atoms with E-state index in [1.807, 2.05) is 47.6 Å². The molecule has 0 aromatic heterocycles.